The molecule has 4 heteroatoms. The van der Waals surface area contributed by atoms with Crippen molar-refractivity contribution in [3.63, 3.8) is 0 Å². The van der Waals surface area contributed by atoms with Crippen LogP contribution < -0.4 is 9.47 Å². The molecule has 3 nitrogen and oxygen atoms in total. The molecular weight excluding hydrogens is 512 g/mol. The van der Waals surface area contributed by atoms with E-state index >= 15 is 0 Å². The van der Waals surface area contributed by atoms with E-state index in [9.17, 15) is 4.79 Å². The monoisotopic (exact) mass is 560 g/mol. The maximum atomic E-state index is 13.3. The van der Waals surface area contributed by atoms with Crippen molar-refractivity contribution in [1.82, 2.24) is 0 Å². The van der Waals surface area contributed by atoms with Gasteiger partial charge < -0.3 is 9.47 Å². The molecule has 0 fully saturated rings. The van der Waals surface area contributed by atoms with Gasteiger partial charge in [0.15, 0.2) is 0 Å². The third-order valence-electron chi connectivity index (χ3n) is 7.20. The van der Waals surface area contributed by atoms with Gasteiger partial charge in [0.25, 0.3) is 0 Å². The minimum Gasteiger partial charge on any atom is -0.494 e. The summed E-state index contributed by atoms with van der Waals surface area (Å²) in [5.74, 6) is 2.28. The number of unbranched alkanes of at least 4 members (excludes halogenated alkanes) is 8. The van der Waals surface area contributed by atoms with Gasteiger partial charge in [-0.15, -0.1) is 0 Å². The van der Waals surface area contributed by atoms with E-state index in [2.05, 4.69) is 20.8 Å². The van der Waals surface area contributed by atoms with Gasteiger partial charge in [-0.3, -0.25) is 4.79 Å². The van der Waals surface area contributed by atoms with Gasteiger partial charge in [-0.25, -0.2) is 0 Å². The molecule has 0 aliphatic carbocycles. The van der Waals surface area contributed by atoms with Gasteiger partial charge in [0.05, 0.1) is 13.2 Å². The fourth-order valence-electron chi connectivity index (χ4n) is 4.72. The molecule has 0 radical (unpaired) electrons. The number of thioether (sulfide) groups is 1. The van der Waals surface area contributed by atoms with Crippen LogP contribution in [0.5, 0.6) is 11.5 Å². The van der Waals surface area contributed by atoms with Crippen LogP contribution in [-0.2, 0) is 0 Å². The van der Waals surface area contributed by atoms with Crippen LogP contribution in [0.2, 0.25) is 0 Å². The molecule has 216 valence electrons. The summed E-state index contributed by atoms with van der Waals surface area (Å²) in [6, 6.07) is 23.8. The molecule has 0 amide bonds. The predicted molar refractivity (Wildman–Crippen MR) is 171 cm³/mol. The maximum absolute atomic E-state index is 13.3. The van der Waals surface area contributed by atoms with Crippen LogP contribution in [0.25, 0.3) is 11.1 Å². The number of carbonyl (C=O) groups excluding carboxylic acids is 1. The molecule has 0 bridgehead atoms. The van der Waals surface area contributed by atoms with Crippen molar-refractivity contribution in [2.45, 2.75) is 96.3 Å². The number of benzene rings is 3. The fourth-order valence-corrected chi connectivity index (χ4v) is 5.50. The summed E-state index contributed by atoms with van der Waals surface area (Å²) in [4.78, 5) is 14.2. The molecule has 0 spiro atoms. The van der Waals surface area contributed by atoms with Crippen molar-refractivity contribution < 1.29 is 14.3 Å². The zero-order valence-corrected chi connectivity index (χ0v) is 25.6. The van der Waals surface area contributed by atoms with E-state index in [0.717, 1.165) is 47.2 Å². The van der Waals surface area contributed by atoms with Gasteiger partial charge in [0.2, 0.25) is 5.12 Å². The third-order valence-corrected chi connectivity index (χ3v) is 8.11. The Morgan fingerprint density at radius 2 is 1.30 bits per heavy atom. The van der Waals surface area contributed by atoms with Crippen LogP contribution in [0.15, 0.2) is 77.7 Å². The highest BCUT2D eigenvalue weighted by molar-refractivity contribution is 8.14. The zero-order valence-electron chi connectivity index (χ0n) is 24.8. The molecule has 3 aromatic rings. The Morgan fingerprint density at radius 3 is 2.02 bits per heavy atom. The first kappa shape index (κ1) is 31.8. The summed E-state index contributed by atoms with van der Waals surface area (Å²) in [5.41, 5.74) is 2.67. The molecule has 1 atom stereocenters. The highest BCUT2D eigenvalue weighted by Gasteiger charge is 2.14. The van der Waals surface area contributed by atoms with Crippen molar-refractivity contribution in [1.29, 1.82) is 0 Å². The van der Waals surface area contributed by atoms with Gasteiger partial charge in [-0.05, 0) is 84.1 Å². The number of hydrogen-bond acceptors (Lipinski definition) is 4. The standard InChI is InChI=1S/C36H48O3S/c1-4-6-8-10-11-12-16-29(3)28-39-32-23-25-33(26-24-32)40-36(37)35-18-14-13-17-34(35)30-19-21-31(22-20-30)38-27-15-9-7-5-2/h13-14,17-26,29H,4-12,15-16,27-28H2,1-3H3. The largest absolute Gasteiger partial charge is 0.494 e. The number of ether oxygens (including phenoxy) is 2. The molecule has 1 unspecified atom stereocenters. The Bertz CT molecular complexity index is 1110. The first-order valence-electron chi connectivity index (χ1n) is 15.4. The Labute approximate surface area is 247 Å². The van der Waals surface area contributed by atoms with E-state index in [4.69, 9.17) is 9.47 Å². The van der Waals surface area contributed by atoms with Crippen molar-refractivity contribution in [2.75, 3.05) is 13.2 Å². The normalized spacial score (nSPS) is 11.8. The van der Waals surface area contributed by atoms with Crippen LogP contribution in [0.4, 0.5) is 0 Å². The van der Waals surface area contributed by atoms with E-state index in [0.29, 0.717) is 11.5 Å². The van der Waals surface area contributed by atoms with Gasteiger partial charge in [-0.2, -0.15) is 0 Å². The molecule has 0 aromatic heterocycles. The average Bonchev–Trinajstić information content (AvgIpc) is 2.99. The number of carbonyl (C=O) groups is 1. The Balaban J connectivity index is 1.49. The lowest BCUT2D eigenvalue weighted by Gasteiger charge is -2.13. The highest BCUT2D eigenvalue weighted by Crippen LogP contribution is 2.32. The minimum absolute atomic E-state index is 0.0353. The summed E-state index contributed by atoms with van der Waals surface area (Å²) >= 11 is 1.26. The highest BCUT2D eigenvalue weighted by atomic mass is 32.2. The lowest BCUT2D eigenvalue weighted by atomic mass is 10.0. The van der Waals surface area contributed by atoms with Gasteiger partial charge in [0, 0.05) is 10.5 Å². The van der Waals surface area contributed by atoms with Gasteiger partial charge in [0.1, 0.15) is 11.5 Å². The van der Waals surface area contributed by atoms with Crippen molar-refractivity contribution >= 4 is 16.9 Å². The molecule has 3 rings (SSSR count). The summed E-state index contributed by atoms with van der Waals surface area (Å²) in [5, 5.41) is 0.0353. The average molecular weight is 561 g/mol. The first-order chi connectivity index (χ1) is 19.6. The molecule has 0 saturated carbocycles. The van der Waals surface area contributed by atoms with E-state index in [1.807, 2.05) is 72.8 Å². The van der Waals surface area contributed by atoms with Crippen LogP contribution in [-0.4, -0.2) is 18.3 Å². The zero-order chi connectivity index (χ0) is 28.4. The van der Waals surface area contributed by atoms with E-state index in [-0.39, 0.29) is 5.12 Å². The van der Waals surface area contributed by atoms with Crippen LogP contribution in [0.1, 0.15) is 102 Å². The molecule has 0 saturated heterocycles. The molecular formula is C36H48O3S. The second-order valence-corrected chi connectivity index (χ2v) is 11.9. The van der Waals surface area contributed by atoms with Crippen LogP contribution in [0, 0.1) is 5.92 Å². The Morgan fingerprint density at radius 1 is 0.700 bits per heavy atom. The quantitative estimate of drug-likeness (QED) is 0.108. The van der Waals surface area contributed by atoms with Crippen molar-refractivity contribution in [3.8, 4) is 22.6 Å². The molecule has 0 aliphatic heterocycles. The molecule has 3 aromatic carbocycles. The van der Waals surface area contributed by atoms with Crippen LogP contribution in [0.3, 0.4) is 0 Å². The lowest BCUT2D eigenvalue weighted by Crippen LogP contribution is -2.08. The third kappa shape index (κ3) is 11.4. The fraction of sp³-hybridized carbons (Fsp3) is 0.472. The second-order valence-electron chi connectivity index (χ2n) is 10.8. The van der Waals surface area contributed by atoms with Crippen LogP contribution >= 0.6 is 11.8 Å². The maximum Gasteiger partial charge on any atom is 0.224 e. The molecule has 0 aliphatic rings. The SMILES string of the molecule is CCCCCCCCC(C)COc1ccc(SC(=O)c2ccccc2-c2ccc(OCCCCCC)cc2)cc1. The van der Waals surface area contributed by atoms with E-state index < -0.39 is 0 Å². The Kier molecular flexibility index (Phi) is 14.8. The lowest BCUT2D eigenvalue weighted by molar-refractivity contribution is 0.108. The van der Waals surface area contributed by atoms with Crippen molar-refractivity contribution in [3.05, 3.63) is 78.4 Å². The Hall–Kier alpha value is -2.72. The topological polar surface area (TPSA) is 35.5 Å². The summed E-state index contributed by atoms with van der Waals surface area (Å²) in [7, 11) is 0. The summed E-state index contributed by atoms with van der Waals surface area (Å²) in [6.45, 7) is 8.21. The first-order valence-corrected chi connectivity index (χ1v) is 16.2. The van der Waals surface area contributed by atoms with Crippen molar-refractivity contribution in [2.24, 2.45) is 5.92 Å². The smallest absolute Gasteiger partial charge is 0.224 e. The molecule has 0 N–H and O–H groups in total. The summed E-state index contributed by atoms with van der Waals surface area (Å²) in [6.07, 6.45) is 13.9. The molecule has 40 heavy (non-hydrogen) atoms. The van der Waals surface area contributed by atoms with Gasteiger partial charge in [-0.1, -0.05) is 109 Å². The van der Waals surface area contributed by atoms with E-state index in [1.165, 1.54) is 76.0 Å². The predicted octanol–water partition coefficient (Wildman–Crippen LogP) is 11.0. The minimum atomic E-state index is 0.0353. The molecule has 0 heterocycles. The van der Waals surface area contributed by atoms with Gasteiger partial charge >= 0.3 is 0 Å². The number of rotatable bonds is 19. The van der Waals surface area contributed by atoms with E-state index in [1.54, 1.807) is 0 Å². The summed E-state index contributed by atoms with van der Waals surface area (Å²) < 4.78 is 11.9. The second kappa shape index (κ2) is 18.6. The number of hydrogen-bond donors (Lipinski definition) is 0.